The van der Waals surface area contributed by atoms with Crippen LogP contribution in [0.1, 0.15) is 20.3 Å². The van der Waals surface area contributed by atoms with Crippen LogP contribution in [-0.2, 0) is 9.59 Å². The molecular weight excluding hydrogens is 324 g/mol. The van der Waals surface area contributed by atoms with E-state index in [-0.39, 0.29) is 23.7 Å². The number of methoxy groups -OCH3 is 3. The van der Waals surface area contributed by atoms with Crippen LogP contribution in [0.2, 0.25) is 0 Å². The molecule has 25 heavy (non-hydrogen) atoms. The van der Waals surface area contributed by atoms with E-state index in [2.05, 4.69) is 10.6 Å². The maximum Gasteiger partial charge on any atom is 0.228 e. The Balaban J connectivity index is 2.01. The highest BCUT2D eigenvalue weighted by Crippen LogP contribution is 2.42. The molecule has 1 aromatic rings. The number of hydrogen-bond acceptors (Lipinski definition) is 5. The van der Waals surface area contributed by atoms with E-state index in [0.717, 1.165) is 0 Å². The van der Waals surface area contributed by atoms with Gasteiger partial charge < -0.3 is 24.8 Å². The van der Waals surface area contributed by atoms with Gasteiger partial charge in [-0.25, -0.2) is 0 Å². The summed E-state index contributed by atoms with van der Waals surface area (Å²) in [5.41, 5.74) is 0.535. The zero-order valence-electron chi connectivity index (χ0n) is 15.3. The normalized spacial score (nSPS) is 18.5. The highest BCUT2D eigenvalue weighted by Gasteiger charge is 2.48. The van der Waals surface area contributed by atoms with Crippen LogP contribution in [0.5, 0.6) is 17.2 Å². The molecule has 0 bridgehead atoms. The zero-order valence-corrected chi connectivity index (χ0v) is 15.3. The molecule has 1 aromatic carbocycles. The van der Waals surface area contributed by atoms with Gasteiger partial charge in [0.1, 0.15) is 0 Å². The monoisotopic (exact) mass is 350 g/mol. The van der Waals surface area contributed by atoms with E-state index in [4.69, 9.17) is 14.2 Å². The second-order valence-corrected chi connectivity index (χ2v) is 6.49. The van der Waals surface area contributed by atoms with Crippen molar-refractivity contribution in [3.63, 3.8) is 0 Å². The smallest absolute Gasteiger partial charge is 0.228 e. The van der Waals surface area contributed by atoms with Gasteiger partial charge in [-0.05, 0) is 12.3 Å². The Bertz CT molecular complexity index is 619. The zero-order chi connectivity index (χ0) is 18.6. The van der Waals surface area contributed by atoms with Gasteiger partial charge in [-0.2, -0.15) is 0 Å². The summed E-state index contributed by atoms with van der Waals surface area (Å²) in [5, 5.41) is 5.69. The summed E-state index contributed by atoms with van der Waals surface area (Å²) in [5.74, 6) is 0.970. The first-order valence-corrected chi connectivity index (χ1v) is 8.29. The SMILES string of the molecule is COc1cc(NC(=O)C2CC2C(=O)NCC(C)C)cc(OC)c1OC. The Labute approximate surface area is 148 Å². The van der Waals surface area contributed by atoms with Crippen molar-refractivity contribution in [3.05, 3.63) is 12.1 Å². The minimum absolute atomic E-state index is 0.0567. The highest BCUT2D eigenvalue weighted by molar-refractivity contribution is 5.99. The molecule has 1 saturated carbocycles. The fraction of sp³-hybridized carbons (Fsp3) is 0.556. The van der Waals surface area contributed by atoms with E-state index in [1.165, 1.54) is 21.3 Å². The molecule has 138 valence electrons. The maximum atomic E-state index is 12.4. The predicted octanol–water partition coefficient (Wildman–Crippen LogP) is 2.06. The molecule has 0 aliphatic heterocycles. The molecule has 7 nitrogen and oxygen atoms in total. The molecule has 7 heteroatoms. The summed E-state index contributed by atoms with van der Waals surface area (Å²) >= 11 is 0. The van der Waals surface area contributed by atoms with Crippen molar-refractivity contribution in [1.29, 1.82) is 0 Å². The van der Waals surface area contributed by atoms with Crippen molar-refractivity contribution in [2.24, 2.45) is 17.8 Å². The van der Waals surface area contributed by atoms with Gasteiger partial charge in [-0.1, -0.05) is 13.8 Å². The van der Waals surface area contributed by atoms with Gasteiger partial charge in [0, 0.05) is 24.4 Å². The molecule has 2 amide bonds. The van der Waals surface area contributed by atoms with Crippen LogP contribution >= 0.6 is 0 Å². The molecule has 0 aromatic heterocycles. The molecule has 0 saturated heterocycles. The molecular formula is C18H26N2O5. The van der Waals surface area contributed by atoms with Crippen molar-refractivity contribution in [2.45, 2.75) is 20.3 Å². The van der Waals surface area contributed by atoms with Crippen molar-refractivity contribution in [2.75, 3.05) is 33.2 Å². The third-order valence-electron chi connectivity index (χ3n) is 4.08. The summed E-state index contributed by atoms with van der Waals surface area (Å²) in [7, 11) is 4.54. The summed E-state index contributed by atoms with van der Waals surface area (Å²) in [4.78, 5) is 24.4. The Morgan fingerprint density at radius 3 is 2.08 bits per heavy atom. The van der Waals surface area contributed by atoms with Crippen molar-refractivity contribution in [1.82, 2.24) is 5.32 Å². The minimum Gasteiger partial charge on any atom is -0.493 e. The summed E-state index contributed by atoms with van der Waals surface area (Å²) < 4.78 is 15.8. The predicted molar refractivity (Wildman–Crippen MR) is 94.2 cm³/mol. The largest absolute Gasteiger partial charge is 0.493 e. The van der Waals surface area contributed by atoms with E-state index in [0.29, 0.717) is 41.8 Å². The van der Waals surface area contributed by atoms with E-state index in [1.54, 1.807) is 12.1 Å². The number of anilines is 1. The number of carbonyl (C=O) groups is 2. The lowest BCUT2D eigenvalue weighted by molar-refractivity contribution is -0.125. The Morgan fingerprint density at radius 2 is 1.60 bits per heavy atom. The molecule has 1 aliphatic rings. The minimum atomic E-state index is -0.300. The van der Waals surface area contributed by atoms with Gasteiger partial charge in [0.25, 0.3) is 0 Å². The van der Waals surface area contributed by atoms with Crippen molar-refractivity contribution >= 4 is 17.5 Å². The van der Waals surface area contributed by atoms with Gasteiger partial charge >= 0.3 is 0 Å². The first-order valence-electron chi connectivity index (χ1n) is 8.29. The number of amides is 2. The second-order valence-electron chi connectivity index (χ2n) is 6.49. The lowest BCUT2D eigenvalue weighted by Gasteiger charge is -2.14. The molecule has 2 N–H and O–H groups in total. The van der Waals surface area contributed by atoms with E-state index < -0.39 is 0 Å². The molecule has 2 atom stereocenters. The maximum absolute atomic E-state index is 12.4. The lowest BCUT2D eigenvalue weighted by Crippen LogP contribution is -2.30. The lowest BCUT2D eigenvalue weighted by atomic mass is 10.2. The fourth-order valence-electron chi connectivity index (χ4n) is 2.60. The number of nitrogens with one attached hydrogen (secondary N) is 2. The van der Waals surface area contributed by atoms with Crippen molar-refractivity contribution in [3.8, 4) is 17.2 Å². The second kappa shape index (κ2) is 8.09. The van der Waals surface area contributed by atoms with E-state index in [1.807, 2.05) is 13.8 Å². The summed E-state index contributed by atoms with van der Waals surface area (Å²) in [6.45, 7) is 4.68. The topological polar surface area (TPSA) is 85.9 Å². The summed E-state index contributed by atoms with van der Waals surface area (Å²) in [6.07, 6.45) is 0.570. The molecule has 0 heterocycles. The number of hydrogen-bond donors (Lipinski definition) is 2. The van der Waals surface area contributed by atoms with E-state index in [9.17, 15) is 9.59 Å². The molecule has 2 rings (SSSR count). The molecule has 0 radical (unpaired) electrons. The van der Waals surface area contributed by atoms with E-state index >= 15 is 0 Å². The number of rotatable bonds is 8. The van der Waals surface area contributed by atoms with Crippen LogP contribution in [0.15, 0.2) is 12.1 Å². The Kier molecular flexibility index (Phi) is 6.12. The van der Waals surface area contributed by atoms with Crippen LogP contribution in [0.3, 0.4) is 0 Å². The van der Waals surface area contributed by atoms with Gasteiger partial charge in [0.15, 0.2) is 11.5 Å². The Morgan fingerprint density at radius 1 is 1.04 bits per heavy atom. The number of carbonyl (C=O) groups excluding carboxylic acids is 2. The van der Waals surface area contributed by atoms with Crippen LogP contribution < -0.4 is 24.8 Å². The number of benzene rings is 1. The number of ether oxygens (including phenoxy) is 3. The van der Waals surface area contributed by atoms with Crippen LogP contribution in [0, 0.1) is 17.8 Å². The molecule has 0 spiro atoms. The molecule has 1 fully saturated rings. The fourth-order valence-corrected chi connectivity index (χ4v) is 2.60. The van der Waals surface area contributed by atoms with Gasteiger partial charge in [-0.15, -0.1) is 0 Å². The van der Waals surface area contributed by atoms with Gasteiger partial charge in [0.2, 0.25) is 17.6 Å². The highest BCUT2D eigenvalue weighted by atomic mass is 16.5. The van der Waals surface area contributed by atoms with Gasteiger partial charge in [0.05, 0.1) is 33.2 Å². The quantitative estimate of drug-likeness (QED) is 0.749. The van der Waals surface area contributed by atoms with Gasteiger partial charge in [-0.3, -0.25) is 9.59 Å². The first-order chi connectivity index (χ1) is 11.9. The average molecular weight is 350 g/mol. The molecule has 2 unspecified atom stereocenters. The third kappa shape index (κ3) is 4.55. The molecule has 1 aliphatic carbocycles. The Hall–Kier alpha value is -2.44. The van der Waals surface area contributed by atoms with Crippen LogP contribution in [-0.4, -0.2) is 39.7 Å². The summed E-state index contributed by atoms with van der Waals surface area (Å²) in [6, 6.07) is 3.32. The van der Waals surface area contributed by atoms with Crippen molar-refractivity contribution < 1.29 is 23.8 Å². The first kappa shape index (κ1) is 18.9. The average Bonchev–Trinajstić information content (AvgIpc) is 3.39. The standard InChI is InChI=1S/C18H26N2O5/c1-10(2)9-19-17(21)12-8-13(12)18(22)20-11-6-14(23-3)16(25-5)15(7-11)24-4/h6-7,10,12-13H,8-9H2,1-5H3,(H,19,21)(H,20,22). The third-order valence-corrected chi connectivity index (χ3v) is 4.08. The van der Waals surface area contributed by atoms with Crippen LogP contribution in [0.25, 0.3) is 0 Å². The van der Waals surface area contributed by atoms with Crippen LogP contribution in [0.4, 0.5) is 5.69 Å².